The lowest BCUT2D eigenvalue weighted by molar-refractivity contribution is 0.271. The van der Waals surface area contributed by atoms with Crippen LogP contribution in [0.1, 0.15) is 12.8 Å². The molecule has 1 aromatic carbocycles. The fraction of sp³-hybridized carbons (Fsp3) is 0.300. The molecule has 128 valence electrons. The fourth-order valence-electron chi connectivity index (χ4n) is 3.36. The molecule has 3 heterocycles. The number of hydrogen-bond donors (Lipinski definition) is 1. The van der Waals surface area contributed by atoms with Crippen molar-refractivity contribution in [1.29, 1.82) is 0 Å². The van der Waals surface area contributed by atoms with E-state index in [9.17, 15) is 0 Å². The van der Waals surface area contributed by atoms with Crippen LogP contribution in [-0.2, 0) is 0 Å². The average Bonchev–Trinajstić information content (AvgIpc) is 3.20. The largest absolute Gasteiger partial charge is 0.496 e. The number of ether oxygens (including phenoxy) is 2. The van der Waals surface area contributed by atoms with Crippen molar-refractivity contribution in [1.82, 2.24) is 15.3 Å². The minimum Gasteiger partial charge on any atom is -0.496 e. The average molecular weight is 335 g/mol. The van der Waals surface area contributed by atoms with E-state index >= 15 is 0 Å². The second-order valence-corrected chi connectivity index (χ2v) is 6.20. The molecule has 1 atom stereocenters. The molecule has 0 radical (unpaired) electrons. The lowest BCUT2D eigenvalue weighted by Crippen LogP contribution is -2.28. The summed E-state index contributed by atoms with van der Waals surface area (Å²) in [6.07, 6.45) is 7.78. The maximum absolute atomic E-state index is 6.05. The summed E-state index contributed by atoms with van der Waals surface area (Å²) in [6.45, 7) is 1.70. The van der Waals surface area contributed by atoms with E-state index in [1.807, 2.05) is 36.5 Å². The summed E-state index contributed by atoms with van der Waals surface area (Å²) in [5, 5.41) is 5.43. The van der Waals surface area contributed by atoms with Crippen LogP contribution in [0.2, 0.25) is 0 Å². The molecule has 3 aromatic rings. The normalized spacial score (nSPS) is 16.9. The van der Waals surface area contributed by atoms with Crippen molar-refractivity contribution in [3.05, 3.63) is 48.9 Å². The number of aromatic nitrogens is 2. The van der Waals surface area contributed by atoms with Crippen LogP contribution in [0, 0.1) is 0 Å². The minimum atomic E-state index is 0.405. The van der Waals surface area contributed by atoms with Gasteiger partial charge >= 0.3 is 0 Å². The highest BCUT2D eigenvalue weighted by atomic mass is 16.5. The summed E-state index contributed by atoms with van der Waals surface area (Å²) in [5.41, 5.74) is 2.07. The maximum Gasteiger partial charge on any atom is 0.221 e. The van der Waals surface area contributed by atoms with Crippen LogP contribution >= 0.6 is 0 Å². The number of benzene rings is 1. The number of nitrogens with zero attached hydrogens (tertiary/aromatic N) is 2. The predicted molar refractivity (Wildman–Crippen MR) is 98.0 cm³/mol. The minimum absolute atomic E-state index is 0.405. The Labute approximate surface area is 147 Å². The molecule has 0 bridgehead atoms. The molecule has 1 saturated heterocycles. The Balaban J connectivity index is 1.78. The highest BCUT2D eigenvalue weighted by Gasteiger charge is 2.18. The van der Waals surface area contributed by atoms with Gasteiger partial charge in [-0.1, -0.05) is 6.07 Å². The summed E-state index contributed by atoms with van der Waals surface area (Å²) >= 11 is 0. The van der Waals surface area contributed by atoms with E-state index in [4.69, 9.17) is 9.47 Å². The van der Waals surface area contributed by atoms with Crippen LogP contribution < -0.4 is 14.8 Å². The summed E-state index contributed by atoms with van der Waals surface area (Å²) in [6, 6.07) is 10.3. The third-order valence-electron chi connectivity index (χ3n) is 4.63. The van der Waals surface area contributed by atoms with Gasteiger partial charge in [0.1, 0.15) is 12.4 Å². The number of rotatable bonds is 5. The van der Waals surface area contributed by atoms with Gasteiger partial charge in [0.25, 0.3) is 0 Å². The summed E-state index contributed by atoms with van der Waals surface area (Å²) in [5.74, 6) is 1.47. The first-order chi connectivity index (χ1) is 12.4. The van der Waals surface area contributed by atoms with Gasteiger partial charge in [-0.3, -0.25) is 4.98 Å². The maximum atomic E-state index is 6.05. The Morgan fingerprint density at radius 3 is 2.84 bits per heavy atom. The summed E-state index contributed by atoms with van der Waals surface area (Å²) in [7, 11) is 1.69. The van der Waals surface area contributed by atoms with Crippen molar-refractivity contribution < 1.29 is 9.47 Å². The molecule has 0 aliphatic carbocycles. The SMILES string of the molecule is COc1cccc2c(OCC3CCCN3)ncc(-c3ccncc3)c12. The third kappa shape index (κ3) is 3.15. The van der Waals surface area contributed by atoms with Crippen molar-refractivity contribution in [2.75, 3.05) is 20.3 Å². The molecular weight excluding hydrogens is 314 g/mol. The molecule has 1 fully saturated rings. The summed E-state index contributed by atoms with van der Waals surface area (Å²) in [4.78, 5) is 8.69. The number of nitrogens with one attached hydrogen (secondary N) is 1. The van der Waals surface area contributed by atoms with Gasteiger partial charge in [0.05, 0.1) is 7.11 Å². The van der Waals surface area contributed by atoms with Gasteiger partial charge in [-0.05, 0) is 49.2 Å². The number of fused-ring (bicyclic) bond motifs is 1. The van der Waals surface area contributed by atoms with Crippen LogP contribution in [0.15, 0.2) is 48.9 Å². The second kappa shape index (κ2) is 7.07. The van der Waals surface area contributed by atoms with Crippen LogP contribution in [0.25, 0.3) is 21.9 Å². The van der Waals surface area contributed by atoms with Gasteiger partial charge in [-0.25, -0.2) is 4.98 Å². The fourth-order valence-corrected chi connectivity index (χ4v) is 3.36. The molecule has 2 aromatic heterocycles. The van der Waals surface area contributed by atoms with Crippen molar-refractivity contribution in [3.63, 3.8) is 0 Å². The van der Waals surface area contributed by atoms with Crippen LogP contribution in [0.3, 0.4) is 0 Å². The van der Waals surface area contributed by atoms with Crippen molar-refractivity contribution in [3.8, 4) is 22.8 Å². The lowest BCUT2D eigenvalue weighted by Gasteiger charge is -2.16. The molecule has 1 aliphatic heterocycles. The topological polar surface area (TPSA) is 56.3 Å². The monoisotopic (exact) mass is 335 g/mol. The highest BCUT2D eigenvalue weighted by Crippen LogP contribution is 2.38. The molecule has 1 unspecified atom stereocenters. The molecule has 0 amide bonds. The standard InChI is InChI=1S/C20H21N3O2/c1-24-18-6-2-5-16-19(18)17(14-7-10-21-11-8-14)12-23-20(16)25-13-15-4-3-9-22-15/h2,5-8,10-12,15,22H,3-4,9,13H2,1H3. The number of hydrogen-bond acceptors (Lipinski definition) is 5. The Hall–Kier alpha value is -2.66. The van der Waals surface area contributed by atoms with Gasteiger partial charge in [-0.2, -0.15) is 0 Å². The molecule has 0 saturated carbocycles. The molecule has 4 rings (SSSR count). The van der Waals surface area contributed by atoms with Gasteiger partial charge in [0.2, 0.25) is 5.88 Å². The zero-order valence-corrected chi connectivity index (χ0v) is 14.2. The molecular formula is C20H21N3O2. The molecule has 5 heteroatoms. The van der Waals surface area contributed by atoms with Gasteiger partial charge in [0.15, 0.2) is 0 Å². The first-order valence-electron chi connectivity index (χ1n) is 8.59. The van der Waals surface area contributed by atoms with E-state index in [0.29, 0.717) is 18.5 Å². The van der Waals surface area contributed by atoms with E-state index in [1.54, 1.807) is 19.5 Å². The first kappa shape index (κ1) is 15.8. The summed E-state index contributed by atoms with van der Waals surface area (Å²) < 4.78 is 11.7. The van der Waals surface area contributed by atoms with Gasteiger partial charge < -0.3 is 14.8 Å². The zero-order chi connectivity index (χ0) is 17.1. The molecule has 1 aliphatic rings. The lowest BCUT2D eigenvalue weighted by atomic mass is 10.0. The van der Waals surface area contributed by atoms with Crippen LogP contribution in [-0.4, -0.2) is 36.3 Å². The Morgan fingerprint density at radius 1 is 1.20 bits per heavy atom. The van der Waals surface area contributed by atoms with Crippen molar-refractivity contribution in [2.45, 2.75) is 18.9 Å². The number of methoxy groups -OCH3 is 1. The quantitative estimate of drug-likeness (QED) is 0.774. The molecule has 0 spiro atoms. The van der Waals surface area contributed by atoms with Crippen LogP contribution in [0.5, 0.6) is 11.6 Å². The van der Waals surface area contributed by atoms with Gasteiger partial charge in [-0.15, -0.1) is 0 Å². The van der Waals surface area contributed by atoms with Gasteiger partial charge in [0, 0.05) is 41.0 Å². The third-order valence-corrected chi connectivity index (χ3v) is 4.63. The van der Waals surface area contributed by atoms with Crippen LogP contribution in [0.4, 0.5) is 0 Å². The first-order valence-corrected chi connectivity index (χ1v) is 8.59. The predicted octanol–water partition coefficient (Wildman–Crippen LogP) is 3.44. The van der Waals surface area contributed by atoms with E-state index in [2.05, 4.69) is 15.3 Å². The van der Waals surface area contributed by atoms with Crippen molar-refractivity contribution in [2.24, 2.45) is 0 Å². The van der Waals surface area contributed by atoms with E-state index in [0.717, 1.165) is 40.6 Å². The van der Waals surface area contributed by atoms with Crippen molar-refractivity contribution >= 4 is 10.8 Å². The van der Waals surface area contributed by atoms with E-state index in [1.165, 1.54) is 6.42 Å². The van der Waals surface area contributed by atoms with E-state index < -0.39 is 0 Å². The molecule has 25 heavy (non-hydrogen) atoms. The molecule has 1 N–H and O–H groups in total. The second-order valence-electron chi connectivity index (χ2n) is 6.20. The highest BCUT2D eigenvalue weighted by molar-refractivity contribution is 6.02. The number of pyridine rings is 2. The smallest absolute Gasteiger partial charge is 0.221 e. The Kier molecular flexibility index (Phi) is 4.48. The molecule has 5 nitrogen and oxygen atoms in total. The Morgan fingerprint density at radius 2 is 2.08 bits per heavy atom. The van der Waals surface area contributed by atoms with E-state index in [-0.39, 0.29) is 0 Å². The Bertz CT molecular complexity index is 861. The zero-order valence-electron chi connectivity index (χ0n) is 14.2.